The molecule has 0 aliphatic carbocycles. The van der Waals surface area contributed by atoms with Crippen LogP contribution in [-0.4, -0.2) is 74.7 Å². The number of nitro groups is 1. The zero-order valence-electron chi connectivity index (χ0n) is 17.4. The van der Waals surface area contributed by atoms with Crippen molar-refractivity contribution < 1.29 is 14.0 Å². The van der Waals surface area contributed by atoms with E-state index < -0.39 is 12.6 Å². The van der Waals surface area contributed by atoms with Crippen LogP contribution >= 0.6 is 42.5 Å². The summed E-state index contributed by atoms with van der Waals surface area (Å²) in [5.41, 5.74) is 1.01. The lowest BCUT2D eigenvalue weighted by Gasteiger charge is -2.37. The molecule has 0 fully saturated rings. The van der Waals surface area contributed by atoms with E-state index in [1.54, 1.807) is 10.9 Å². The van der Waals surface area contributed by atoms with Gasteiger partial charge in [0.25, 0.3) is 0 Å². The van der Waals surface area contributed by atoms with Crippen LogP contribution in [0.25, 0.3) is 0 Å². The van der Waals surface area contributed by atoms with E-state index in [1.165, 1.54) is 0 Å². The number of imidazole rings is 1. The van der Waals surface area contributed by atoms with E-state index in [0.717, 1.165) is 25.0 Å². The van der Waals surface area contributed by atoms with Gasteiger partial charge in [0.2, 0.25) is 0 Å². The number of hydrogen-bond acceptors (Lipinski definition) is 5. The molecule has 0 spiro atoms. The van der Waals surface area contributed by atoms with E-state index in [1.807, 2.05) is 30.1 Å². The quantitative estimate of drug-likeness (QED) is 0.177. The Labute approximate surface area is 188 Å². The van der Waals surface area contributed by atoms with Crippen molar-refractivity contribution in [1.82, 2.24) is 18.9 Å². The normalized spacial score (nSPS) is 13.3. The highest BCUT2D eigenvalue weighted by Crippen LogP contribution is 2.54. The summed E-state index contributed by atoms with van der Waals surface area (Å²) < 4.78 is 25.3. The molecule has 29 heavy (non-hydrogen) atoms. The van der Waals surface area contributed by atoms with E-state index in [9.17, 15) is 4.57 Å². The Balaban J connectivity index is 0.00000178. The van der Waals surface area contributed by atoms with Gasteiger partial charge < -0.3 is 4.57 Å². The SMILES string of the molecule is CCCN(CCCl)P(=O)(OCc1ncc(C)n1C)N(CCCl)CCCl.C[N+](=O)[O-]. The van der Waals surface area contributed by atoms with Crippen LogP contribution in [0.4, 0.5) is 0 Å². The van der Waals surface area contributed by atoms with E-state index in [-0.39, 0.29) is 6.61 Å². The van der Waals surface area contributed by atoms with E-state index in [4.69, 9.17) is 49.4 Å². The van der Waals surface area contributed by atoms with Crippen LogP contribution in [0.5, 0.6) is 0 Å². The van der Waals surface area contributed by atoms with Crippen molar-refractivity contribution in [2.75, 3.05) is 50.9 Å². The van der Waals surface area contributed by atoms with Crippen LogP contribution < -0.4 is 0 Å². The molecule has 0 saturated carbocycles. The fourth-order valence-corrected chi connectivity index (χ4v) is 5.89. The van der Waals surface area contributed by atoms with Gasteiger partial charge in [-0.15, -0.1) is 34.8 Å². The van der Waals surface area contributed by atoms with Crippen molar-refractivity contribution in [1.29, 1.82) is 0 Å². The average molecular weight is 495 g/mol. The van der Waals surface area contributed by atoms with Gasteiger partial charge in [-0.2, -0.15) is 0 Å². The van der Waals surface area contributed by atoms with Crippen LogP contribution in [0.3, 0.4) is 0 Å². The summed E-state index contributed by atoms with van der Waals surface area (Å²) >= 11 is 17.8. The maximum absolute atomic E-state index is 13.9. The molecule has 0 radical (unpaired) electrons. The molecule has 13 heteroatoms. The zero-order valence-corrected chi connectivity index (χ0v) is 20.6. The first kappa shape index (κ1) is 28.6. The molecular weight excluding hydrogens is 464 g/mol. The Morgan fingerprint density at radius 3 is 1.97 bits per heavy atom. The molecule has 0 aromatic carbocycles. The molecule has 0 bridgehead atoms. The van der Waals surface area contributed by atoms with Crippen molar-refractivity contribution in [3.05, 3.63) is 27.8 Å². The molecule has 0 saturated heterocycles. The summed E-state index contributed by atoms with van der Waals surface area (Å²) in [4.78, 5) is 12.6. The lowest BCUT2D eigenvalue weighted by Crippen LogP contribution is -2.37. The number of aryl methyl sites for hydroxylation is 1. The van der Waals surface area contributed by atoms with Crippen LogP contribution in [0.15, 0.2) is 6.20 Å². The molecule has 0 amide bonds. The highest BCUT2D eigenvalue weighted by Gasteiger charge is 2.38. The first-order valence-corrected chi connectivity index (χ1v) is 12.3. The van der Waals surface area contributed by atoms with Gasteiger partial charge in [0.1, 0.15) is 12.4 Å². The predicted molar refractivity (Wildman–Crippen MR) is 119 cm³/mol. The first-order valence-electron chi connectivity index (χ1n) is 9.16. The molecule has 0 aliphatic rings. The monoisotopic (exact) mass is 493 g/mol. The molecule has 1 aromatic rings. The standard InChI is InChI=1S/C15H28Cl3N4O2P.CH3NO2/c1-4-8-21(9-5-16)25(23,22(10-6-17)11-7-18)24-13-15-19-12-14(2)20(15)3;1-2(3)4/h12H,4-11,13H2,1-3H3;1H3. The number of nitrogens with zero attached hydrogens (tertiary/aromatic N) is 5. The lowest BCUT2D eigenvalue weighted by atomic mass is 10.5. The number of halogens is 3. The summed E-state index contributed by atoms with van der Waals surface area (Å²) in [7, 11) is -0.526. The van der Waals surface area contributed by atoms with Gasteiger partial charge in [-0.05, 0) is 13.3 Å². The Morgan fingerprint density at radius 1 is 1.17 bits per heavy atom. The summed E-state index contributed by atoms with van der Waals surface area (Å²) in [5.74, 6) is 1.76. The minimum absolute atomic E-state index is 0.144. The number of rotatable bonds is 13. The van der Waals surface area contributed by atoms with Crippen molar-refractivity contribution in [2.24, 2.45) is 7.05 Å². The van der Waals surface area contributed by atoms with Gasteiger partial charge >= 0.3 is 7.67 Å². The second-order valence-corrected chi connectivity index (χ2v) is 9.56. The van der Waals surface area contributed by atoms with Crippen molar-refractivity contribution in [3.8, 4) is 0 Å². The van der Waals surface area contributed by atoms with Gasteiger partial charge in [0.15, 0.2) is 7.05 Å². The molecule has 1 heterocycles. The van der Waals surface area contributed by atoms with Crippen LogP contribution in [0, 0.1) is 17.0 Å². The summed E-state index contributed by atoms with van der Waals surface area (Å²) in [6, 6.07) is 0. The third-order valence-electron chi connectivity index (χ3n) is 3.90. The second kappa shape index (κ2) is 15.4. The maximum atomic E-state index is 13.9. The fourth-order valence-electron chi connectivity index (χ4n) is 2.44. The third-order valence-corrected chi connectivity index (χ3v) is 7.11. The second-order valence-electron chi connectivity index (χ2n) is 6.05. The first-order chi connectivity index (χ1) is 13.7. The van der Waals surface area contributed by atoms with Gasteiger partial charge in [-0.3, -0.25) is 19.2 Å². The Bertz CT molecular complexity index is 614. The molecule has 0 N–H and O–H groups in total. The molecule has 1 atom stereocenters. The van der Waals surface area contributed by atoms with E-state index >= 15 is 0 Å². The van der Waals surface area contributed by atoms with Gasteiger partial charge in [-0.25, -0.2) is 14.3 Å². The average Bonchev–Trinajstić information content (AvgIpc) is 2.97. The summed E-state index contributed by atoms with van der Waals surface area (Å²) in [6.07, 6.45) is 2.60. The maximum Gasteiger partial charge on any atom is 0.346 e. The van der Waals surface area contributed by atoms with Crippen molar-refractivity contribution in [2.45, 2.75) is 26.9 Å². The van der Waals surface area contributed by atoms with Gasteiger partial charge in [0, 0.05) is 67.7 Å². The largest absolute Gasteiger partial charge is 0.346 e. The molecule has 170 valence electrons. The highest BCUT2D eigenvalue weighted by molar-refractivity contribution is 7.53. The Kier molecular flexibility index (Phi) is 15.2. The van der Waals surface area contributed by atoms with Gasteiger partial charge in [-0.1, -0.05) is 6.92 Å². The Hall–Kier alpha value is -0.410. The molecule has 1 rings (SSSR count). The summed E-state index contributed by atoms with van der Waals surface area (Å²) in [6.45, 7) is 6.06. The van der Waals surface area contributed by atoms with E-state index in [0.29, 0.717) is 43.8 Å². The van der Waals surface area contributed by atoms with Crippen molar-refractivity contribution in [3.63, 3.8) is 0 Å². The van der Waals surface area contributed by atoms with Crippen LogP contribution in [0.2, 0.25) is 0 Å². The molecular formula is C16H31Cl3N5O4P. The lowest BCUT2D eigenvalue weighted by molar-refractivity contribution is -0.445. The van der Waals surface area contributed by atoms with Gasteiger partial charge in [0.05, 0.1) is 0 Å². The molecule has 1 aromatic heterocycles. The molecule has 1 unspecified atom stereocenters. The molecule has 9 nitrogen and oxygen atoms in total. The zero-order chi connectivity index (χ0) is 22.4. The Morgan fingerprint density at radius 2 is 1.62 bits per heavy atom. The predicted octanol–water partition coefficient (Wildman–Crippen LogP) is 3.98. The molecule has 0 aliphatic heterocycles. The fraction of sp³-hybridized carbons (Fsp3) is 0.812. The number of alkyl halides is 3. The minimum Gasteiger partial charge on any atom is -0.333 e. The van der Waals surface area contributed by atoms with Crippen LogP contribution in [-0.2, 0) is 22.7 Å². The number of aromatic nitrogens is 2. The minimum atomic E-state index is -3.32. The summed E-state index contributed by atoms with van der Waals surface area (Å²) in [5, 5.41) is 8.81. The smallest absolute Gasteiger partial charge is 0.333 e. The highest BCUT2D eigenvalue weighted by atomic mass is 35.5. The van der Waals surface area contributed by atoms with Crippen LogP contribution in [0.1, 0.15) is 24.9 Å². The topological polar surface area (TPSA) is 93.7 Å². The third kappa shape index (κ3) is 9.96. The number of hydrogen-bond donors (Lipinski definition) is 0. The van der Waals surface area contributed by atoms with Crippen molar-refractivity contribution >= 4 is 42.5 Å². The van der Waals surface area contributed by atoms with E-state index in [2.05, 4.69) is 4.98 Å².